The summed E-state index contributed by atoms with van der Waals surface area (Å²) in [5, 5.41) is 0. The third-order valence-corrected chi connectivity index (χ3v) is 5.84. The maximum absolute atomic E-state index is 14.0. The lowest BCUT2D eigenvalue weighted by molar-refractivity contribution is 0.132. The van der Waals surface area contributed by atoms with Crippen molar-refractivity contribution >= 4 is 10.0 Å². The van der Waals surface area contributed by atoms with Crippen molar-refractivity contribution in [1.29, 1.82) is 0 Å². The molecule has 7 nitrogen and oxygen atoms in total. The van der Waals surface area contributed by atoms with Crippen LogP contribution in [0.2, 0.25) is 0 Å². The summed E-state index contributed by atoms with van der Waals surface area (Å²) in [6.45, 7) is 2.04. The Hall–Kier alpha value is -2.26. The van der Waals surface area contributed by atoms with E-state index in [-0.39, 0.29) is 22.8 Å². The highest BCUT2D eigenvalue weighted by atomic mass is 32.2. The molecule has 1 aliphatic rings. The lowest BCUT2D eigenvalue weighted by atomic mass is 9.94. The molecule has 0 unspecified atom stereocenters. The van der Waals surface area contributed by atoms with Crippen LogP contribution in [-0.4, -0.2) is 37.1 Å². The van der Waals surface area contributed by atoms with Gasteiger partial charge in [0.25, 0.3) is 0 Å². The number of benzene rings is 1. The maximum Gasteiger partial charge on any atom is 0.316 e. The van der Waals surface area contributed by atoms with Gasteiger partial charge in [-0.1, -0.05) is 0 Å². The van der Waals surface area contributed by atoms with Crippen molar-refractivity contribution in [3.8, 4) is 11.8 Å². The second kappa shape index (κ2) is 8.62. The molecule has 1 saturated carbocycles. The average Bonchev–Trinajstić information content (AvgIpc) is 2.66. The van der Waals surface area contributed by atoms with E-state index in [4.69, 9.17) is 9.47 Å². The quantitative estimate of drug-likeness (QED) is 0.775. The van der Waals surface area contributed by atoms with E-state index in [9.17, 15) is 12.8 Å². The van der Waals surface area contributed by atoms with E-state index in [1.807, 2.05) is 0 Å². The van der Waals surface area contributed by atoms with Gasteiger partial charge in [0.1, 0.15) is 6.10 Å². The summed E-state index contributed by atoms with van der Waals surface area (Å²) >= 11 is 0. The number of ether oxygens (including phenoxy) is 2. The third kappa shape index (κ3) is 5.14. The first kappa shape index (κ1) is 19.5. The molecular formula is C18H22FN3O4S. The summed E-state index contributed by atoms with van der Waals surface area (Å²) in [5.74, 6) is -0.656. The number of aromatic nitrogens is 2. The van der Waals surface area contributed by atoms with Crippen LogP contribution >= 0.6 is 0 Å². The van der Waals surface area contributed by atoms with Crippen molar-refractivity contribution in [3.05, 3.63) is 42.5 Å². The molecule has 2 aromatic rings. The zero-order valence-corrected chi connectivity index (χ0v) is 15.8. The van der Waals surface area contributed by atoms with Gasteiger partial charge >= 0.3 is 6.01 Å². The van der Waals surface area contributed by atoms with E-state index in [0.29, 0.717) is 38.3 Å². The number of nitrogens with one attached hydrogen (secondary N) is 1. The highest BCUT2D eigenvalue weighted by Gasteiger charge is 2.27. The smallest absolute Gasteiger partial charge is 0.316 e. The highest BCUT2D eigenvalue weighted by Crippen LogP contribution is 2.25. The lowest BCUT2D eigenvalue weighted by Gasteiger charge is -2.28. The standard InChI is InChI=1S/C18H22FN3O4S/c1-2-25-17-9-8-15(12-16(17)19)27(23,24)22-13-4-6-14(7-5-13)26-18-20-10-3-11-21-18/h3,8-14,22H,2,4-7H2,1H3. The summed E-state index contributed by atoms with van der Waals surface area (Å²) in [6, 6.07) is 5.47. The Morgan fingerprint density at radius 2 is 1.89 bits per heavy atom. The molecule has 0 aliphatic heterocycles. The Morgan fingerprint density at radius 3 is 2.52 bits per heavy atom. The Morgan fingerprint density at radius 1 is 1.19 bits per heavy atom. The largest absolute Gasteiger partial charge is 0.491 e. The van der Waals surface area contributed by atoms with Gasteiger partial charge in [-0.25, -0.2) is 27.5 Å². The van der Waals surface area contributed by atoms with Gasteiger partial charge in [-0.2, -0.15) is 0 Å². The Labute approximate surface area is 158 Å². The van der Waals surface area contributed by atoms with Crippen LogP contribution in [-0.2, 0) is 10.0 Å². The average molecular weight is 395 g/mol. The lowest BCUT2D eigenvalue weighted by Crippen LogP contribution is -2.39. The molecular weight excluding hydrogens is 373 g/mol. The maximum atomic E-state index is 14.0. The first-order chi connectivity index (χ1) is 13.0. The van der Waals surface area contributed by atoms with Crippen LogP contribution in [0.1, 0.15) is 32.6 Å². The molecule has 9 heteroatoms. The number of sulfonamides is 1. The van der Waals surface area contributed by atoms with Crippen molar-refractivity contribution in [2.45, 2.75) is 49.6 Å². The summed E-state index contributed by atoms with van der Waals surface area (Å²) in [5.41, 5.74) is 0. The predicted molar refractivity (Wildman–Crippen MR) is 96.6 cm³/mol. The fourth-order valence-corrected chi connectivity index (χ4v) is 4.32. The molecule has 1 aromatic carbocycles. The van der Waals surface area contributed by atoms with Crippen LogP contribution in [0, 0.1) is 5.82 Å². The van der Waals surface area contributed by atoms with Gasteiger partial charge in [0, 0.05) is 18.4 Å². The molecule has 0 saturated heterocycles. The fraction of sp³-hybridized carbons (Fsp3) is 0.444. The molecule has 1 aromatic heterocycles. The molecule has 1 N–H and O–H groups in total. The van der Waals surface area contributed by atoms with Crippen molar-refractivity contribution in [1.82, 2.24) is 14.7 Å². The number of halogens is 1. The topological polar surface area (TPSA) is 90.4 Å². The van der Waals surface area contributed by atoms with Gasteiger partial charge in [-0.15, -0.1) is 0 Å². The van der Waals surface area contributed by atoms with Gasteiger partial charge < -0.3 is 9.47 Å². The van der Waals surface area contributed by atoms with Crippen LogP contribution in [0.15, 0.2) is 41.6 Å². The number of rotatable bonds is 7. The molecule has 0 radical (unpaired) electrons. The summed E-state index contributed by atoms with van der Waals surface area (Å²) in [4.78, 5) is 7.95. The van der Waals surface area contributed by atoms with Crippen LogP contribution < -0.4 is 14.2 Å². The van der Waals surface area contributed by atoms with Gasteiger partial charge in [-0.05, 0) is 56.9 Å². The van der Waals surface area contributed by atoms with Gasteiger partial charge in [0.15, 0.2) is 11.6 Å². The molecule has 0 spiro atoms. The van der Waals surface area contributed by atoms with E-state index in [0.717, 1.165) is 6.07 Å². The van der Waals surface area contributed by atoms with E-state index in [1.165, 1.54) is 12.1 Å². The Kier molecular flexibility index (Phi) is 6.22. The third-order valence-electron chi connectivity index (χ3n) is 4.32. The van der Waals surface area contributed by atoms with E-state index in [1.54, 1.807) is 25.4 Å². The van der Waals surface area contributed by atoms with E-state index >= 15 is 0 Å². The summed E-state index contributed by atoms with van der Waals surface area (Å²) < 4.78 is 52.5. The number of hydrogen-bond donors (Lipinski definition) is 1. The van der Waals surface area contributed by atoms with Crippen molar-refractivity contribution in [2.75, 3.05) is 6.61 Å². The predicted octanol–water partition coefficient (Wildman–Crippen LogP) is 2.68. The van der Waals surface area contributed by atoms with Crippen LogP contribution in [0.3, 0.4) is 0 Å². The second-order valence-electron chi connectivity index (χ2n) is 6.27. The minimum absolute atomic E-state index is 0.0391. The van der Waals surface area contributed by atoms with Crippen LogP contribution in [0.5, 0.6) is 11.8 Å². The van der Waals surface area contributed by atoms with Gasteiger partial charge in [-0.3, -0.25) is 0 Å². The van der Waals surface area contributed by atoms with Crippen molar-refractivity contribution < 1.29 is 22.3 Å². The molecule has 3 rings (SSSR count). The molecule has 0 atom stereocenters. The molecule has 1 fully saturated rings. The normalized spacial score (nSPS) is 20.2. The summed E-state index contributed by atoms with van der Waals surface area (Å²) in [6.07, 6.45) is 5.78. The Balaban J connectivity index is 1.57. The molecule has 0 bridgehead atoms. The summed E-state index contributed by atoms with van der Waals surface area (Å²) in [7, 11) is -3.80. The first-order valence-electron chi connectivity index (χ1n) is 8.86. The first-order valence-corrected chi connectivity index (χ1v) is 10.3. The van der Waals surface area contributed by atoms with Gasteiger partial charge in [0.2, 0.25) is 10.0 Å². The molecule has 27 heavy (non-hydrogen) atoms. The second-order valence-corrected chi connectivity index (χ2v) is 7.98. The number of hydrogen-bond acceptors (Lipinski definition) is 6. The monoisotopic (exact) mass is 395 g/mol. The molecule has 0 amide bonds. The molecule has 146 valence electrons. The SMILES string of the molecule is CCOc1ccc(S(=O)(=O)NC2CCC(Oc3ncccn3)CC2)cc1F. The van der Waals surface area contributed by atoms with Crippen molar-refractivity contribution in [2.24, 2.45) is 0 Å². The van der Waals surface area contributed by atoms with Crippen LogP contribution in [0.4, 0.5) is 4.39 Å². The fourth-order valence-electron chi connectivity index (χ4n) is 3.00. The molecule has 1 heterocycles. The van der Waals surface area contributed by atoms with E-state index in [2.05, 4.69) is 14.7 Å². The minimum atomic E-state index is -3.80. The zero-order valence-electron chi connectivity index (χ0n) is 15.0. The van der Waals surface area contributed by atoms with Crippen LogP contribution in [0.25, 0.3) is 0 Å². The Bertz CT molecular complexity index is 856. The highest BCUT2D eigenvalue weighted by molar-refractivity contribution is 7.89. The van der Waals surface area contributed by atoms with Gasteiger partial charge in [0.05, 0.1) is 11.5 Å². The zero-order chi connectivity index (χ0) is 19.3. The van der Waals surface area contributed by atoms with E-state index < -0.39 is 15.8 Å². The minimum Gasteiger partial charge on any atom is -0.491 e. The van der Waals surface area contributed by atoms with Crippen molar-refractivity contribution in [3.63, 3.8) is 0 Å². The molecule has 1 aliphatic carbocycles. The number of nitrogens with zero attached hydrogens (tertiary/aromatic N) is 2.